The summed E-state index contributed by atoms with van der Waals surface area (Å²) in [5, 5.41) is 4.28. The van der Waals surface area contributed by atoms with Crippen molar-refractivity contribution in [1.82, 2.24) is 4.98 Å². The van der Waals surface area contributed by atoms with Gasteiger partial charge in [0.15, 0.2) is 5.78 Å². The van der Waals surface area contributed by atoms with Gasteiger partial charge in [0.1, 0.15) is 0 Å². The standard InChI is InChI=1S/C25H26N2O2/c1-23(2)13-25(20-19(23)15-9-5-7-11-17(15)26-20)14-24(3,4)21(28)16-10-6-8-12-18(16)27-22(25)29/h5-12,26H,13-14H2,1-4H3,(H,27,29). The van der Waals surface area contributed by atoms with Crippen molar-refractivity contribution in [2.24, 2.45) is 5.41 Å². The van der Waals surface area contributed by atoms with Crippen molar-refractivity contribution < 1.29 is 9.59 Å². The summed E-state index contributed by atoms with van der Waals surface area (Å²) in [5.41, 5.74) is 2.81. The van der Waals surface area contributed by atoms with Crippen LogP contribution in [0.1, 0.15) is 62.2 Å². The molecule has 3 aromatic rings. The summed E-state index contributed by atoms with van der Waals surface area (Å²) in [4.78, 5) is 30.9. The highest BCUT2D eigenvalue weighted by molar-refractivity contribution is 6.12. The summed E-state index contributed by atoms with van der Waals surface area (Å²) in [6, 6.07) is 15.6. The number of H-pyrrole nitrogens is 1. The first kappa shape index (κ1) is 18.2. The van der Waals surface area contributed by atoms with Gasteiger partial charge in [-0.2, -0.15) is 0 Å². The zero-order chi connectivity index (χ0) is 20.6. The van der Waals surface area contributed by atoms with Crippen LogP contribution in [0.3, 0.4) is 0 Å². The number of carbonyl (C=O) groups is 2. The average Bonchev–Trinajstić information content (AvgIpc) is 3.16. The van der Waals surface area contributed by atoms with Crippen LogP contribution >= 0.6 is 0 Å². The maximum absolute atomic E-state index is 13.8. The van der Waals surface area contributed by atoms with E-state index in [1.165, 1.54) is 10.9 Å². The Kier molecular flexibility index (Phi) is 3.50. The number of hydrogen-bond donors (Lipinski definition) is 2. The maximum atomic E-state index is 13.8. The summed E-state index contributed by atoms with van der Waals surface area (Å²) in [6.45, 7) is 8.35. The molecule has 0 saturated carbocycles. The number of hydrogen-bond acceptors (Lipinski definition) is 2. The van der Waals surface area contributed by atoms with E-state index in [0.717, 1.165) is 11.2 Å². The third-order valence-corrected chi connectivity index (χ3v) is 6.82. The van der Waals surface area contributed by atoms with Gasteiger partial charge in [-0.15, -0.1) is 0 Å². The Balaban J connectivity index is 1.78. The molecule has 1 unspecified atom stereocenters. The van der Waals surface area contributed by atoms with Gasteiger partial charge in [0.25, 0.3) is 0 Å². The predicted molar refractivity (Wildman–Crippen MR) is 115 cm³/mol. The number of benzene rings is 2. The quantitative estimate of drug-likeness (QED) is 0.548. The number of aromatic nitrogens is 1. The molecule has 0 saturated heterocycles. The molecule has 4 nitrogen and oxygen atoms in total. The van der Waals surface area contributed by atoms with Crippen molar-refractivity contribution in [3.8, 4) is 0 Å². The fraction of sp³-hybridized carbons (Fsp3) is 0.360. The molecular formula is C25H26N2O2. The van der Waals surface area contributed by atoms with E-state index in [1.807, 2.05) is 50.2 Å². The molecule has 0 fully saturated rings. The summed E-state index contributed by atoms with van der Waals surface area (Å²) in [7, 11) is 0. The van der Waals surface area contributed by atoms with Gasteiger partial charge in [-0.3, -0.25) is 9.59 Å². The molecule has 148 valence electrons. The second-order valence-electron chi connectivity index (χ2n) is 9.95. The zero-order valence-corrected chi connectivity index (χ0v) is 17.3. The molecule has 2 heterocycles. The average molecular weight is 386 g/mol. The van der Waals surface area contributed by atoms with Gasteiger partial charge < -0.3 is 10.3 Å². The first-order valence-corrected chi connectivity index (χ1v) is 10.2. The number of carbonyl (C=O) groups excluding carboxylic acids is 2. The van der Waals surface area contributed by atoms with Gasteiger partial charge in [0.2, 0.25) is 5.91 Å². The molecule has 1 aliphatic heterocycles. The molecule has 1 spiro atoms. The van der Waals surface area contributed by atoms with Crippen LogP contribution in [0.5, 0.6) is 0 Å². The van der Waals surface area contributed by atoms with E-state index in [2.05, 4.69) is 36.3 Å². The van der Waals surface area contributed by atoms with Crippen molar-refractivity contribution in [3.63, 3.8) is 0 Å². The highest BCUT2D eigenvalue weighted by Gasteiger charge is 2.58. The van der Waals surface area contributed by atoms with Crippen LogP contribution in [0.15, 0.2) is 48.5 Å². The van der Waals surface area contributed by atoms with Crippen LogP contribution in [-0.2, 0) is 15.6 Å². The van der Waals surface area contributed by atoms with Crippen molar-refractivity contribution in [3.05, 3.63) is 65.4 Å². The number of nitrogens with one attached hydrogen (secondary N) is 2. The summed E-state index contributed by atoms with van der Waals surface area (Å²) >= 11 is 0. The lowest BCUT2D eigenvalue weighted by molar-refractivity contribution is -0.123. The summed E-state index contributed by atoms with van der Waals surface area (Å²) in [6.07, 6.45) is 1.15. The first-order valence-electron chi connectivity index (χ1n) is 10.2. The van der Waals surface area contributed by atoms with Crippen molar-refractivity contribution >= 4 is 28.3 Å². The van der Waals surface area contributed by atoms with Crippen LogP contribution in [0.4, 0.5) is 5.69 Å². The van der Waals surface area contributed by atoms with E-state index in [-0.39, 0.29) is 17.1 Å². The Morgan fingerprint density at radius 1 is 0.828 bits per heavy atom. The van der Waals surface area contributed by atoms with Gasteiger partial charge in [0.05, 0.1) is 11.1 Å². The fourth-order valence-corrected chi connectivity index (χ4v) is 5.79. The van der Waals surface area contributed by atoms with Crippen molar-refractivity contribution in [1.29, 1.82) is 0 Å². The lowest BCUT2D eigenvalue weighted by Crippen LogP contribution is -2.47. The molecule has 2 aliphatic rings. The number of para-hydroxylation sites is 2. The smallest absolute Gasteiger partial charge is 0.236 e. The summed E-state index contributed by atoms with van der Waals surface area (Å²) in [5.74, 6) is 0.0544. The third-order valence-electron chi connectivity index (χ3n) is 6.82. The SMILES string of the molecule is CC1(C)CC2(CC(C)(C)c3c2[nH]c2ccccc32)C(=O)Nc2ccccc2C1=O. The van der Waals surface area contributed by atoms with Gasteiger partial charge in [0, 0.05) is 27.6 Å². The third kappa shape index (κ3) is 2.38. The van der Waals surface area contributed by atoms with Crippen LogP contribution in [-0.4, -0.2) is 16.7 Å². The lowest BCUT2D eigenvalue weighted by atomic mass is 9.65. The molecule has 0 radical (unpaired) electrons. The van der Waals surface area contributed by atoms with Gasteiger partial charge >= 0.3 is 0 Å². The normalized spacial score (nSPS) is 24.7. The Morgan fingerprint density at radius 2 is 1.48 bits per heavy atom. The minimum absolute atomic E-state index is 0.0242. The van der Waals surface area contributed by atoms with Gasteiger partial charge in [-0.1, -0.05) is 58.0 Å². The topological polar surface area (TPSA) is 62.0 Å². The van der Waals surface area contributed by atoms with Gasteiger partial charge in [-0.05, 0) is 42.0 Å². The molecule has 0 bridgehead atoms. The second-order valence-corrected chi connectivity index (χ2v) is 9.95. The van der Waals surface area contributed by atoms with Crippen molar-refractivity contribution in [2.45, 2.75) is 51.4 Å². The number of fused-ring (bicyclic) bond motifs is 5. The molecular weight excluding hydrogens is 360 g/mol. The zero-order valence-electron chi connectivity index (χ0n) is 17.3. The Bertz CT molecular complexity index is 1180. The molecule has 2 N–H and O–H groups in total. The molecule has 1 aliphatic carbocycles. The number of anilines is 1. The number of rotatable bonds is 0. The monoisotopic (exact) mass is 386 g/mol. The maximum Gasteiger partial charge on any atom is 0.236 e. The number of amides is 1. The van der Waals surface area contributed by atoms with Crippen LogP contribution in [0, 0.1) is 5.41 Å². The number of Topliss-reactive ketones (excluding diaryl/α,β-unsaturated/α-hetero) is 1. The van der Waals surface area contributed by atoms with E-state index in [0.29, 0.717) is 24.1 Å². The highest BCUT2D eigenvalue weighted by atomic mass is 16.2. The Morgan fingerprint density at radius 3 is 2.28 bits per heavy atom. The van der Waals surface area contributed by atoms with E-state index in [1.54, 1.807) is 0 Å². The lowest BCUT2D eigenvalue weighted by Gasteiger charge is -2.39. The van der Waals surface area contributed by atoms with E-state index < -0.39 is 10.8 Å². The Hall–Kier alpha value is -2.88. The fourth-order valence-electron chi connectivity index (χ4n) is 5.79. The first-order chi connectivity index (χ1) is 13.7. The second kappa shape index (κ2) is 5.59. The minimum atomic E-state index is -0.773. The van der Waals surface area contributed by atoms with E-state index in [9.17, 15) is 9.59 Å². The van der Waals surface area contributed by atoms with Crippen LogP contribution in [0.2, 0.25) is 0 Å². The van der Waals surface area contributed by atoms with Crippen molar-refractivity contribution in [2.75, 3.05) is 5.32 Å². The molecule has 29 heavy (non-hydrogen) atoms. The van der Waals surface area contributed by atoms with Crippen LogP contribution in [0.25, 0.3) is 10.9 Å². The van der Waals surface area contributed by atoms with Crippen LogP contribution < -0.4 is 5.32 Å². The summed E-state index contributed by atoms with van der Waals surface area (Å²) < 4.78 is 0. The van der Waals surface area contributed by atoms with E-state index in [4.69, 9.17) is 0 Å². The number of aromatic amines is 1. The highest BCUT2D eigenvalue weighted by Crippen LogP contribution is 2.57. The molecule has 5 rings (SSSR count). The molecule has 1 amide bonds. The minimum Gasteiger partial charge on any atom is -0.357 e. The molecule has 2 aromatic carbocycles. The predicted octanol–water partition coefficient (Wildman–Crippen LogP) is 5.34. The molecule has 4 heteroatoms. The van der Waals surface area contributed by atoms with Gasteiger partial charge in [-0.25, -0.2) is 0 Å². The largest absolute Gasteiger partial charge is 0.357 e. The molecule has 1 atom stereocenters. The Labute approximate surface area is 170 Å². The number of ketones is 1. The molecule has 1 aromatic heterocycles. The van der Waals surface area contributed by atoms with E-state index >= 15 is 0 Å².